The van der Waals surface area contributed by atoms with Gasteiger partial charge in [0, 0.05) is 6.54 Å². The first-order valence-corrected chi connectivity index (χ1v) is 6.62. The number of amides is 1. The van der Waals surface area contributed by atoms with Crippen LogP contribution in [0.5, 0.6) is 11.5 Å². The fraction of sp³-hybridized carbons (Fsp3) is 0.385. The molecule has 0 spiro atoms. The predicted molar refractivity (Wildman–Crippen MR) is 80.6 cm³/mol. The summed E-state index contributed by atoms with van der Waals surface area (Å²) in [6.45, 7) is 4.24. The van der Waals surface area contributed by atoms with Crippen molar-refractivity contribution in [1.82, 2.24) is 16.2 Å². The quantitative estimate of drug-likeness (QED) is 0.556. The van der Waals surface area contributed by atoms with Gasteiger partial charge in [0.25, 0.3) is 5.91 Å². The molecule has 0 saturated carbocycles. The van der Waals surface area contributed by atoms with Crippen LogP contribution in [0, 0.1) is 0 Å². The second kappa shape index (κ2) is 8.21. The predicted octanol–water partition coefficient (Wildman–Crippen LogP) is 0.978. The van der Waals surface area contributed by atoms with Gasteiger partial charge >= 0.3 is 0 Å². The number of rotatable bonds is 5. The van der Waals surface area contributed by atoms with Crippen molar-refractivity contribution >= 4 is 23.2 Å². The normalized spacial score (nSPS) is 11.2. The van der Waals surface area contributed by atoms with Gasteiger partial charge in [-0.25, -0.2) is 0 Å². The number of benzene rings is 1. The molecule has 0 aliphatic heterocycles. The molecular formula is C13H19N3O3S. The highest BCUT2D eigenvalue weighted by Gasteiger charge is 2.14. The van der Waals surface area contributed by atoms with Crippen LogP contribution in [0.4, 0.5) is 0 Å². The van der Waals surface area contributed by atoms with Crippen LogP contribution < -0.4 is 25.6 Å². The number of ether oxygens (including phenoxy) is 2. The Kier molecular flexibility index (Phi) is 6.58. The maximum absolute atomic E-state index is 11.8. The van der Waals surface area contributed by atoms with Gasteiger partial charge in [-0.3, -0.25) is 15.6 Å². The number of hydrogen-bond acceptors (Lipinski definition) is 4. The van der Waals surface area contributed by atoms with Crippen molar-refractivity contribution in [3.8, 4) is 11.5 Å². The van der Waals surface area contributed by atoms with Gasteiger partial charge in [-0.1, -0.05) is 0 Å². The lowest BCUT2D eigenvalue weighted by atomic mass is 10.3. The van der Waals surface area contributed by atoms with E-state index in [0.717, 1.165) is 5.75 Å². The third-order valence-electron chi connectivity index (χ3n) is 2.38. The molecule has 7 heteroatoms. The summed E-state index contributed by atoms with van der Waals surface area (Å²) in [5.74, 6) is 0.996. The standard InChI is InChI=1S/C13H19N3O3S/c1-4-14-13(20)16-15-12(17)9(2)19-11-7-5-10(18-3)6-8-11/h5-9H,4H2,1-3H3,(H,15,17)(H2,14,16,20)/t9-/m1/s1. The summed E-state index contributed by atoms with van der Waals surface area (Å²) >= 11 is 4.92. The Morgan fingerprint density at radius 3 is 2.40 bits per heavy atom. The molecule has 1 rings (SSSR count). The van der Waals surface area contributed by atoms with Gasteiger partial charge in [-0.05, 0) is 50.3 Å². The second-order valence-corrected chi connectivity index (χ2v) is 4.32. The summed E-state index contributed by atoms with van der Waals surface area (Å²) in [5.41, 5.74) is 5.06. The molecule has 110 valence electrons. The van der Waals surface area contributed by atoms with E-state index in [1.807, 2.05) is 6.92 Å². The van der Waals surface area contributed by atoms with Gasteiger partial charge in [-0.2, -0.15) is 0 Å². The molecule has 3 N–H and O–H groups in total. The minimum Gasteiger partial charge on any atom is -0.497 e. The Morgan fingerprint density at radius 1 is 1.25 bits per heavy atom. The first-order valence-electron chi connectivity index (χ1n) is 6.21. The van der Waals surface area contributed by atoms with E-state index in [0.29, 0.717) is 17.4 Å². The van der Waals surface area contributed by atoms with E-state index in [1.54, 1.807) is 38.3 Å². The molecule has 1 aromatic carbocycles. The number of thiocarbonyl (C=S) groups is 1. The second-order valence-electron chi connectivity index (χ2n) is 3.91. The molecule has 1 atom stereocenters. The van der Waals surface area contributed by atoms with Gasteiger partial charge in [0.1, 0.15) is 11.5 Å². The van der Waals surface area contributed by atoms with E-state index in [2.05, 4.69) is 16.2 Å². The molecule has 6 nitrogen and oxygen atoms in total. The summed E-state index contributed by atoms with van der Waals surface area (Å²) < 4.78 is 10.5. The third kappa shape index (κ3) is 5.31. The minimum absolute atomic E-state index is 0.318. The molecule has 0 heterocycles. The summed E-state index contributed by atoms with van der Waals surface area (Å²) in [7, 11) is 1.59. The lowest BCUT2D eigenvalue weighted by Gasteiger charge is -2.16. The minimum atomic E-state index is -0.652. The zero-order valence-corrected chi connectivity index (χ0v) is 12.5. The van der Waals surface area contributed by atoms with Crippen LogP contribution in [-0.2, 0) is 4.79 Å². The van der Waals surface area contributed by atoms with Crippen LogP contribution in [0.3, 0.4) is 0 Å². The number of nitrogens with one attached hydrogen (secondary N) is 3. The maximum Gasteiger partial charge on any atom is 0.279 e. The van der Waals surface area contributed by atoms with E-state index >= 15 is 0 Å². The van der Waals surface area contributed by atoms with Crippen molar-refractivity contribution in [3.05, 3.63) is 24.3 Å². The van der Waals surface area contributed by atoms with Crippen LogP contribution in [-0.4, -0.2) is 30.8 Å². The molecule has 0 radical (unpaired) electrons. The van der Waals surface area contributed by atoms with E-state index in [-0.39, 0.29) is 5.91 Å². The summed E-state index contributed by atoms with van der Waals surface area (Å²) in [5, 5.41) is 3.21. The lowest BCUT2D eigenvalue weighted by molar-refractivity contribution is -0.127. The topological polar surface area (TPSA) is 71.6 Å². The third-order valence-corrected chi connectivity index (χ3v) is 2.62. The Balaban J connectivity index is 2.42. The summed E-state index contributed by atoms with van der Waals surface area (Å²) in [6.07, 6.45) is -0.652. The molecule has 0 bridgehead atoms. The largest absolute Gasteiger partial charge is 0.497 e. The highest BCUT2D eigenvalue weighted by molar-refractivity contribution is 7.80. The van der Waals surface area contributed by atoms with Gasteiger partial charge in [0.2, 0.25) is 0 Å². The van der Waals surface area contributed by atoms with Crippen LogP contribution in [0.15, 0.2) is 24.3 Å². The van der Waals surface area contributed by atoms with Crippen molar-refractivity contribution in [3.63, 3.8) is 0 Å². The number of hydrogen-bond donors (Lipinski definition) is 3. The molecule has 0 aliphatic rings. The number of hydrazine groups is 1. The SMILES string of the molecule is CCNC(=S)NNC(=O)[C@@H](C)Oc1ccc(OC)cc1. The van der Waals surface area contributed by atoms with Gasteiger partial charge in [0.15, 0.2) is 11.2 Å². The van der Waals surface area contributed by atoms with E-state index in [4.69, 9.17) is 21.7 Å². The van der Waals surface area contributed by atoms with Crippen molar-refractivity contribution in [2.45, 2.75) is 20.0 Å². The van der Waals surface area contributed by atoms with Crippen molar-refractivity contribution in [1.29, 1.82) is 0 Å². The number of carbonyl (C=O) groups excluding carboxylic acids is 1. The zero-order valence-electron chi connectivity index (χ0n) is 11.7. The number of methoxy groups -OCH3 is 1. The summed E-state index contributed by atoms with van der Waals surface area (Å²) in [6, 6.07) is 7.00. The van der Waals surface area contributed by atoms with Gasteiger partial charge in [-0.15, -0.1) is 0 Å². The maximum atomic E-state index is 11.8. The van der Waals surface area contributed by atoms with Crippen LogP contribution >= 0.6 is 12.2 Å². The fourth-order valence-electron chi connectivity index (χ4n) is 1.34. The highest BCUT2D eigenvalue weighted by atomic mass is 32.1. The molecule has 20 heavy (non-hydrogen) atoms. The van der Waals surface area contributed by atoms with E-state index in [1.165, 1.54) is 0 Å². The molecule has 0 aromatic heterocycles. The summed E-state index contributed by atoms with van der Waals surface area (Å²) in [4.78, 5) is 11.8. The van der Waals surface area contributed by atoms with Crippen molar-refractivity contribution in [2.24, 2.45) is 0 Å². The van der Waals surface area contributed by atoms with Crippen molar-refractivity contribution in [2.75, 3.05) is 13.7 Å². The van der Waals surface area contributed by atoms with Crippen LogP contribution in [0.25, 0.3) is 0 Å². The molecular weight excluding hydrogens is 278 g/mol. The fourth-order valence-corrected chi connectivity index (χ4v) is 1.53. The highest BCUT2D eigenvalue weighted by Crippen LogP contribution is 2.18. The van der Waals surface area contributed by atoms with Crippen LogP contribution in [0.2, 0.25) is 0 Å². The Labute approximate surface area is 123 Å². The molecule has 0 fully saturated rings. The van der Waals surface area contributed by atoms with Gasteiger partial charge in [0.05, 0.1) is 7.11 Å². The first kappa shape index (κ1) is 16.0. The van der Waals surface area contributed by atoms with Crippen molar-refractivity contribution < 1.29 is 14.3 Å². The Morgan fingerprint density at radius 2 is 1.85 bits per heavy atom. The molecule has 0 unspecified atom stereocenters. The first-order chi connectivity index (χ1) is 9.56. The zero-order chi connectivity index (χ0) is 15.0. The number of carbonyl (C=O) groups is 1. The molecule has 1 aromatic rings. The monoisotopic (exact) mass is 297 g/mol. The van der Waals surface area contributed by atoms with Crippen LogP contribution in [0.1, 0.15) is 13.8 Å². The Hall–Kier alpha value is -2.02. The molecule has 1 amide bonds. The molecule has 0 saturated heterocycles. The Bertz CT molecular complexity index is 451. The molecule has 0 aliphatic carbocycles. The van der Waals surface area contributed by atoms with Gasteiger partial charge < -0.3 is 14.8 Å². The van der Waals surface area contributed by atoms with E-state index in [9.17, 15) is 4.79 Å². The average molecular weight is 297 g/mol. The van der Waals surface area contributed by atoms with E-state index < -0.39 is 6.10 Å². The smallest absolute Gasteiger partial charge is 0.279 e. The lowest BCUT2D eigenvalue weighted by Crippen LogP contribution is -2.50. The average Bonchev–Trinajstić information content (AvgIpc) is 2.45.